The molecule has 0 heterocycles. The molecule has 102 valence electrons. The summed E-state index contributed by atoms with van der Waals surface area (Å²) in [6.07, 6.45) is 9.71. The molecule has 0 fully saturated rings. The Morgan fingerprint density at radius 2 is 1.61 bits per heavy atom. The van der Waals surface area contributed by atoms with E-state index < -0.39 is 0 Å². The molecule has 0 spiro atoms. The molecule has 0 radical (unpaired) electrons. The molecule has 2 heteroatoms. The van der Waals surface area contributed by atoms with Crippen LogP contribution in [0.3, 0.4) is 0 Å². The number of alkyl halides is 1. The Balaban J connectivity index is 2.10. The predicted molar refractivity (Wildman–Crippen MR) is 77.7 cm³/mol. The molecule has 0 aliphatic rings. The van der Waals surface area contributed by atoms with Crippen molar-refractivity contribution in [1.29, 1.82) is 0 Å². The zero-order valence-corrected chi connectivity index (χ0v) is 12.1. The van der Waals surface area contributed by atoms with Gasteiger partial charge in [0.15, 0.2) is 0 Å². The van der Waals surface area contributed by atoms with Gasteiger partial charge < -0.3 is 0 Å². The van der Waals surface area contributed by atoms with Crippen LogP contribution in [-0.2, 0) is 6.42 Å². The minimum Gasteiger partial charge on any atom is -0.207 e. The normalized spacial score (nSPS) is 12.6. The van der Waals surface area contributed by atoms with Gasteiger partial charge in [0.25, 0.3) is 0 Å². The van der Waals surface area contributed by atoms with Crippen molar-refractivity contribution < 1.29 is 4.39 Å². The highest BCUT2D eigenvalue weighted by Gasteiger charge is 2.05. The maximum absolute atomic E-state index is 12.7. The van der Waals surface area contributed by atoms with Gasteiger partial charge in [-0.1, -0.05) is 57.6 Å². The first-order valence-corrected chi connectivity index (χ1v) is 7.54. The molecule has 0 amide bonds. The highest BCUT2D eigenvalue weighted by atomic mass is 35.5. The summed E-state index contributed by atoms with van der Waals surface area (Å²) in [5.74, 6) is -0.180. The van der Waals surface area contributed by atoms with Gasteiger partial charge in [0.2, 0.25) is 0 Å². The van der Waals surface area contributed by atoms with E-state index in [9.17, 15) is 4.39 Å². The van der Waals surface area contributed by atoms with Gasteiger partial charge >= 0.3 is 0 Å². The summed E-state index contributed by atoms with van der Waals surface area (Å²) >= 11 is 6.30. The van der Waals surface area contributed by atoms with Gasteiger partial charge in [-0.2, -0.15) is 0 Å². The summed E-state index contributed by atoms with van der Waals surface area (Å²) in [4.78, 5) is 0. The monoisotopic (exact) mass is 270 g/mol. The van der Waals surface area contributed by atoms with Gasteiger partial charge in [0, 0.05) is 5.38 Å². The lowest BCUT2D eigenvalue weighted by Gasteiger charge is -2.09. The van der Waals surface area contributed by atoms with Crippen molar-refractivity contribution in [3.05, 3.63) is 35.6 Å². The second kappa shape index (κ2) is 9.38. The molecule has 0 bridgehead atoms. The van der Waals surface area contributed by atoms with E-state index in [1.54, 1.807) is 0 Å². The largest absolute Gasteiger partial charge is 0.207 e. The van der Waals surface area contributed by atoms with Crippen molar-refractivity contribution in [2.45, 2.75) is 63.7 Å². The minimum atomic E-state index is -0.180. The van der Waals surface area contributed by atoms with Crippen LogP contribution in [0.2, 0.25) is 0 Å². The van der Waals surface area contributed by atoms with Crippen LogP contribution in [0.15, 0.2) is 24.3 Å². The predicted octanol–water partition coefficient (Wildman–Crippen LogP) is 5.73. The first-order chi connectivity index (χ1) is 8.72. The number of unbranched alkanes of at least 4 members (excludes halogenated alkanes) is 5. The third-order valence-electron chi connectivity index (χ3n) is 3.24. The first kappa shape index (κ1) is 15.5. The Labute approximate surface area is 116 Å². The molecule has 1 atom stereocenters. The van der Waals surface area contributed by atoms with Crippen molar-refractivity contribution in [3.8, 4) is 0 Å². The number of halogens is 2. The van der Waals surface area contributed by atoms with Crippen LogP contribution in [0.4, 0.5) is 4.39 Å². The summed E-state index contributed by atoms with van der Waals surface area (Å²) in [6.45, 7) is 2.23. The molecule has 1 aromatic rings. The lowest BCUT2D eigenvalue weighted by Crippen LogP contribution is -2.03. The fourth-order valence-electron chi connectivity index (χ4n) is 2.12. The topological polar surface area (TPSA) is 0 Å². The fourth-order valence-corrected chi connectivity index (χ4v) is 2.46. The van der Waals surface area contributed by atoms with E-state index in [0.717, 1.165) is 18.4 Å². The summed E-state index contributed by atoms with van der Waals surface area (Å²) < 4.78 is 12.7. The Bertz CT molecular complexity index is 307. The van der Waals surface area contributed by atoms with Gasteiger partial charge in [-0.05, 0) is 30.5 Å². The third-order valence-corrected chi connectivity index (χ3v) is 3.61. The smallest absolute Gasteiger partial charge is 0.123 e. The summed E-state index contributed by atoms with van der Waals surface area (Å²) in [7, 11) is 0. The molecule has 1 rings (SSSR count). The number of hydrogen-bond donors (Lipinski definition) is 0. The number of benzene rings is 1. The van der Waals surface area contributed by atoms with Gasteiger partial charge in [0.05, 0.1) is 0 Å². The molecule has 1 aromatic carbocycles. The Kier molecular flexibility index (Phi) is 8.08. The van der Waals surface area contributed by atoms with E-state index in [0.29, 0.717) is 0 Å². The zero-order valence-electron chi connectivity index (χ0n) is 11.3. The molecule has 0 aliphatic carbocycles. The molecular formula is C16H24ClF. The second-order valence-corrected chi connectivity index (χ2v) is 5.60. The maximum Gasteiger partial charge on any atom is 0.123 e. The van der Waals surface area contributed by atoms with Crippen LogP contribution < -0.4 is 0 Å². The Morgan fingerprint density at radius 1 is 1.00 bits per heavy atom. The average molecular weight is 271 g/mol. The van der Waals surface area contributed by atoms with E-state index >= 15 is 0 Å². The lowest BCUT2D eigenvalue weighted by molar-refractivity contribution is 0.578. The number of hydrogen-bond acceptors (Lipinski definition) is 0. The molecule has 18 heavy (non-hydrogen) atoms. The maximum atomic E-state index is 12.7. The molecule has 0 nitrogen and oxygen atoms in total. The Hall–Kier alpha value is -0.560. The van der Waals surface area contributed by atoms with Gasteiger partial charge in [0.1, 0.15) is 5.82 Å². The molecule has 0 aromatic heterocycles. The molecule has 0 saturated carbocycles. The highest BCUT2D eigenvalue weighted by Crippen LogP contribution is 2.16. The molecular weight excluding hydrogens is 247 g/mol. The molecule has 0 N–H and O–H groups in total. The van der Waals surface area contributed by atoms with E-state index in [2.05, 4.69) is 6.92 Å². The van der Waals surface area contributed by atoms with E-state index in [1.165, 1.54) is 50.7 Å². The third kappa shape index (κ3) is 7.00. The second-order valence-electron chi connectivity index (χ2n) is 4.98. The van der Waals surface area contributed by atoms with Crippen LogP contribution >= 0.6 is 11.6 Å². The van der Waals surface area contributed by atoms with Crippen molar-refractivity contribution in [2.24, 2.45) is 0 Å². The van der Waals surface area contributed by atoms with Crippen molar-refractivity contribution in [2.75, 3.05) is 0 Å². The van der Waals surface area contributed by atoms with Crippen molar-refractivity contribution in [3.63, 3.8) is 0 Å². The summed E-state index contributed by atoms with van der Waals surface area (Å²) in [6, 6.07) is 6.66. The number of rotatable bonds is 9. The molecule has 0 saturated heterocycles. The standard InChI is InChI=1S/C16H24ClF/c1-2-3-4-5-6-7-8-15(17)13-14-9-11-16(18)12-10-14/h9-12,15H,2-8,13H2,1H3. The summed E-state index contributed by atoms with van der Waals surface area (Å²) in [5.41, 5.74) is 1.13. The molecule has 0 aliphatic heterocycles. The van der Waals surface area contributed by atoms with Crippen LogP contribution in [0.5, 0.6) is 0 Å². The summed E-state index contributed by atoms with van der Waals surface area (Å²) in [5, 5.41) is 0.182. The zero-order chi connectivity index (χ0) is 13.2. The Morgan fingerprint density at radius 3 is 2.28 bits per heavy atom. The lowest BCUT2D eigenvalue weighted by atomic mass is 10.0. The van der Waals surface area contributed by atoms with Crippen LogP contribution in [-0.4, -0.2) is 5.38 Å². The van der Waals surface area contributed by atoms with Crippen molar-refractivity contribution >= 4 is 11.6 Å². The van der Waals surface area contributed by atoms with Crippen LogP contribution in [0, 0.1) is 5.82 Å². The van der Waals surface area contributed by atoms with E-state index in [1.807, 2.05) is 12.1 Å². The van der Waals surface area contributed by atoms with E-state index in [4.69, 9.17) is 11.6 Å². The van der Waals surface area contributed by atoms with Gasteiger partial charge in [-0.15, -0.1) is 11.6 Å². The first-order valence-electron chi connectivity index (χ1n) is 7.11. The average Bonchev–Trinajstić information content (AvgIpc) is 2.36. The van der Waals surface area contributed by atoms with E-state index in [-0.39, 0.29) is 11.2 Å². The van der Waals surface area contributed by atoms with Crippen molar-refractivity contribution in [1.82, 2.24) is 0 Å². The highest BCUT2D eigenvalue weighted by molar-refractivity contribution is 6.20. The van der Waals surface area contributed by atoms with Gasteiger partial charge in [-0.25, -0.2) is 4.39 Å². The minimum absolute atomic E-state index is 0.180. The van der Waals surface area contributed by atoms with Gasteiger partial charge in [-0.3, -0.25) is 0 Å². The van der Waals surface area contributed by atoms with Crippen LogP contribution in [0.25, 0.3) is 0 Å². The SMILES string of the molecule is CCCCCCCCC(Cl)Cc1ccc(F)cc1. The fraction of sp³-hybridized carbons (Fsp3) is 0.625. The molecule has 1 unspecified atom stereocenters. The quantitative estimate of drug-likeness (QED) is 0.397. The van der Waals surface area contributed by atoms with Crippen LogP contribution in [0.1, 0.15) is 57.4 Å².